The number of benzene rings is 2. The van der Waals surface area contributed by atoms with Gasteiger partial charge in [-0.1, -0.05) is 18.2 Å². The monoisotopic (exact) mass is 454 g/mol. The van der Waals surface area contributed by atoms with E-state index in [4.69, 9.17) is 4.74 Å². The van der Waals surface area contributed by atoms with E-state index in [0.29, 0.717) is 5.75 Å². The first kappa shape index (κ1) is 22.2. The van der Waals surface area contributed by atoms with Gasteiger partial charge in [-0.3, -0.25) is 24.7 Å². The Morgan fingerprint density at radius 3 is 2.69 bits per heavy atom. The molecule has 1 saturated heterocycles. The zero-order valence-corrected chi connectivity index (χ0v) is 18.9. The van der Waals surface area contributed by atoms with Crippen molar-refractivity contribution in [2.45, 2.75) is 19.5 Å². The molecule has 1 aliphatic rings. The highest BCUT2D eigenvalue weighted by Crippen LogP contribution is 2.30. The third-order valence-electron chi connectivity index (χ3n) is 5.95. The summed E-state index contributed by atoms with van der Waals surface area (Å²) in [5.41, 5.74) is 1.34. The van der Waals surface area contributed by atoms with Gasteiger partial charge in [-0.25, -0.2) is 0 Å². The largest absolute Gasteiger partial charge is 0.496 e. The Hall–Kier alpha value is -3.01. The molecule has 0 spiro atoms. The fourth-order valence-corrected chi connectivity index (χ4v) is 4.96. The van der Waals surface area contributed by atoms with Crippen molar-refractivity contribution in [3.8, 4) is 5.75 Å². The van der Waals surface area contributed by atoms with Gasteiger partial charge in [0.25, 0.3) is 5.69 Å². The molecule has 1 atom stereocenters. The van der Waals surface area contributed by atoms with Crippen LogP contribution >= 0.6 is 11.3 Å². The van der Waals surface area contributed by atoms with Crippen LogP contribution in [0, 0.1) is 10.1 Å². The van der Waals surface area contributed by atoms with E-state index in [1.165, 1.54) is 34.9 Å². The highest BCUT2D eigenvalue weighted by molar-refractivity contribution is 7.17. The van der Waals surface area contributed by atoms with Crippen molar-refractivity contribution in [2.75, 3.05) is 38.6 Å². The van der Waals surface area contributed by atoms with Crippen molar-refractivity contribution in [2.24, 2.45) is 0 Å². The predicted molar refractivity (Wildman–Crippen MR) is 126 cm³/mol. The summed E-state index contributed by atoms with van der Waals surface area (Å²) in [5.74, 6) is 0.118. The molecule has 0 unspecified atom stereocenters. The molecule has 2 heterocycles. The minimum atomic E-state index is -0.518. The van der Waals surface area contributed by atoms with Gasteiger partial charge in [0.2, 0.25) is 5.91 Å². The predicted octanol–water partition coefficient (Wildman–Crippen LogP) is 3.96. The highest BCUT2D eigenvalue weighted by atomic mass is 32.1. The number of nitrogens with zero attached hydrogens (tertiary/aromatic N) is 3. The van der Waals surface area contributed by atoms with Gasteiger partial charge in [0, 0.05) is 37.4 Å². The van der Waals surface area contributed by atoms with Gasteiger partial charge in [0.15, 0.2) is 0 Å². The fourth-order valence-electron chi connectivity index (χ4n) is 4.00. The summed E-state index contributed by atoms with van der Waals surface area (Å²) in [6, 6.07) is 12.5. The Labute approximate surface area is 190 Å². The molecule has 1 aromatic heterocycles. The Morgan fingerprint density at radius 2 is 1.97 bits per heavy atom. The standard InChI is InChI=1S/C23H26N4O4S/c1-16(23(28)24-20-8-7-18(31-2)13-21(20)27(29)30)26-11-9-25(10-12-26)14-17-15-32-22-6-4-3-5-19(17)22/h3-8,13,15-16H,9-12,14H2,1-2H3,(H,24,28)/t16-/m0/s1. The minimum absolute atomic E-state index is 0.177. The molecule has 0 aliphatic carbocycles. The molecule has 8 nitrogen and oxygen atoms in total. The van der Waals surface area contributed by atoms with Crippen LogP contribution in [0.15, 0.2) is 47.8 Å². The second kappa shape index (κ2) is 9.64. The van der Waals surface area contributed by atoms with Crippen molar-refractivity contribution in [3.63, 3.8) is 0 Å². The van der Waals surface area contributed by atoms with E-state index < -0.39 is 4.92 Å². The zero-order chi connectivity index (χ0) is 22.7. The summed E-state index contributed by atoms with van der Waals surface area (Å²) < 4.78 is 6.35. The summed E-state index contributed by atoms with van der Waals surface area (Å²) in [6.45, 7) is 6.00. The molecule has 0 bridgehead atoms. The molecule has 1 fully saturated rings. The molecule has 9 heteroatoms. The van der Waals surface area contributed by atoms with E-state index in [2.05, 4.69) is 44.8 Å². The molecular weight excluding hydrogens is 428 g/mol. The van der Waals surface area contributed by atoms with E-state index in [1.807, 2.05) is 6.92 Å². The third kappa shape index (κ3) is 4.74. The molecule has 32 heavy (non-hydrogen) atoms. The number of amides is 1. The van der Waals surface area contributed by atoms with Crippen LogP contribution in [0.1, 0.15) is 12.5 Å². The van der Waals surface area contributed by atoms with Crippen molar-refractivity contribution in [1.29, 1.82) is 0 Å². The van der Waals surface area contributed by atoms with Crippen LogP contribution in [-0.2, 0) is 11.3 Å². The van der Waals surface area contributed by atoms with E-state index >= 15 is 0 Å². The topological polar surface area (TPSA) is 88.0 Å². The fraction of sp³-hybridized carbons (Fsp3) is 0.348. The molecule has 1 amide bonds. The molecule has 168 valence electrons. The SMILES string of the molecule is COc1ccc(NC(=O)[C@H](C)N2CCN(Cc3csc4ccccc34)CC2)c([N+](=O)[O-])c1. The summed E-state index contributed by atoms with van der Waals surface area (Å²) in [7, 11) is 1.44. The second-order valence-electron chi connectivity index (χ2n) is 7.87. The van der Waals surface area contributed by atoms with E-state index in [9.17, 15) is 14.9 Å². The number of hydrogen-bond acceptors (Lipinski definition) is 7. The Bertz CT molecular complexity index is 1120. The van der Waals surface area contributed by atoms with Crippen LogP contribution in [0.5, 0.6) is 5.75 Å². The number of rotatable bonds is 7. The second-order valence-corrected chi connectivity index (χ2v) is 8.79. The molecule has 0 saturated carbocycles. The Morgan fingerprint density at radius 1 is 1.22 bits per heavy atom. The van der Waals surface area contributed by atoms with Gasteiger partial charge in [0.05, 0.1) is 24.1 Å². The normalized spacial score (nSPS) is 16.1. The number of hydrogen-bond donors (Lipinski definition) is 1. The number of piperazine rings is 1. The van der Waals surface area contributed by atoms with E-state index in [0.717, 1.165) is 32.7 Å². The number of anilines is 1. The number of thiophene rings is 1. The number of ether oxygens (including phenoxy) is 1. The quantitative estimate of drug-likeness (QED) is 0.429. The minimum Gasteiger partial charge on any atom is -0.496 e. The number of nitro groups is 1. The Kier molecular flexibility index (Phi) is 6.69. The highest BCUT2D eigenvalue weighted by Gasteiger charge is 2.27. The average molecular weight is 455 g/mol. The molecular formula is C23H26N4O4S. The van der Waals surface area contributed by atoms with Crippen molar-refractivity contribution in [3.05, 3.63) is 63.5 Å². The number of carbonyl (C=O) groups is 1. The van der Waals surface area contributed by atoms with Crippen molar-refractivity contribution >= 4 is 38.7 Å². The average Bonchev–Trinajstić information content (AvgIpc) is 3.22. The maximum Gasteiger partial charge on any atom is 0.296 e. The van der Waals surface area contributed by atoms with Gasteiger partial charge >= 0.3 is 0 Å². The summed E-state index contributed by atoms with van der Waals surface area (Å²) >= 11 is 1.77. The lowest BCUT2D eigenvalue weighted by Gasteiger charge is -2.37. The van der Waals surface area contributed by atoms with Crippen LogP contribution < -0.4 is 10.1 Å². The lowest BCUT2D eigenvalue weighted by atomic mass is 10.1. The summed E-state index contributed by atoms with van der Waals surface area (Å²) in [6.07, 6.45) is 0. The van der Waals surface area contributed by atoms with Gasteiger partial charge in [-0.2, -0.15) is 0 Å². The maximum absolute atomic E-state index is 12.8. The molecule has 0 radical (unpaired) electrons. The maximum atomic E-state index is 12.8. The van der Waals surface area contributed by atoms with Crippen LogP contribution in [0.2, 0.25) is 0 Å². The first-order chi connectivity index (χ1) is 15.5. The van der Waals surface area contributed by atoms with Gasteiger partial charge < -0.3 is 10.1 Å². The number of methoxy groups -OCH3 is 1. The third-order valence-corrected chi connectivity index (χ3v) is 6.96. The van der Waals surface area contributed by atoms with Gasteiger partial charge in [-0.15, -0.1) is 11.3 Å². The van der Waals surface area contributed by atoms with E-state index in [1.54, 1.807) is 17.4 Å². The van der Waals surface area contributed by atoms with Gasteiger partial charge in [0.1, 0.15) is 11.4 Å². The Balaban J connectivity index is 1.34. The van der Waals surface area contributed by atoms with Crippen molar-refractivity contribution in [1.82, 2.24) is 9.80 Å². The van der Waals surface area contributed by atoms with Crippen LogP contribution in [0.3, 0.4) is 0 Å². The smallest absolute Gasteiger partial charge is 0.296 e. The molecule has 1 aliphatic heterocycles. The number of fused-ring (bicyclic) bond motifs is 1. The molecule has 3 aromatic rings. The zero-order valence-electron chi connectivity index (χ0n) is 18.1. The summed E-state index contributed by atoms with van der Waals surface area (Å²) in [5, 5.41) is 17.6. The number of nitrogens with one attached hydrogen (secondary N) is 1. The number of carbonyl (C=O) groups excluding carboxylic acids is 1. The molecule has 1 N–H and O–H groups in total. The molecule has 4 rings (SSSR count). The van der Waals surface area contributed by atoms with Crippen molar-refractivity contribution < 1.29 is 14.5 Å². The van der Waals surface area contributed by atoms with Crippen LogP contribution in [0.25, 0.3) is 10.1 Å². The lowest BCUT2D eigenvalue weighted by Crippen LogP contribution is -2.52. The first-order valence-electron chi connectivity index (χ1n) is 10.5. The first-order valence-corrected chi connectivity index (χ1v) is 11.4. The molecule has 2 aromatic carbocycles. The summed E-state index contributed by atoms with van der Waals surface area (Å²) in [4.78, 5) is 28.2. The van der Waals surface area contributed by atoms with Crippen LogP contribution in [-0.4, -0.2) is 60.0 Å². The van der Waals surface area contributed by atoms with Gasteiger partial charge in [-0.05, 0) is 41.5 Å². The van der Waals surface area contributed by atoms with Crippen LogP contribution in [0.4, 0.5) is 11.4 Å². The lowest BCUT2D eigenvalue weighted by molar-refractivity contribution is -0.384. The number of nitro benzene ring substituents is 1. The van der Waals surface area contributed by atoms with E-state index in [-0.39, 0.29) is 23.3 Å².